The van der Waals surface area contributed by atoms with Gasteiger partial charge in [0.05, 0.1) is 4.08 Å². The lowest BCUT2D eigenvalue weighted by Crippen LogP contribution is -2.40. The largest absolute Gasteiger partial charge is 0.139 e. The summed E-state index contributed by atoms with van der Waals surface area (Å²) in [5, 5.41) is 0. The van der Waals surface area contributed by atoms with E-state index in [-0.39, 0.29) is 0 Å². The summed E-state index contributed by atoms with van der Waals surface area (Å²) in [7, 11) is 0. The molecule has 0 amide bonds. The Balaban J connectivity index is 1.79. The summed E-state index contributed by atoms with van der Waals surface area (Å²) >= 11 is 8.12. The van der Waals surface area contributed by atoms with Crippen molar-refractivity contribution in [3.8, 4) is 0 Å². The second kappa shape index (κ2) is 5.24. The fraction of sp³-hybridized carbons (Fsp3) is 0.647. The summed E-state index contributed by atoms with van der Waals surface area (Å²) in [6, 6.07) is 9.25. The van der Waals surface area contributed by atoms with Crippen molar-refractivity contribution < 1.29 is 0 Å². The molecule has 1 heterocycles. The van der Waals surface area contributed by atoms with Crippen molar-refractivity contribution in [2.75, 3.05) is 11.5 Å². The van der Waals surface area contributed by atoms with E-state index in [1.165, 1.54) is 54.5 Å². The maximum Gasteiger partial charge on any atom is 0.0916 e. The minimum atomic E-state index is 0.344. The molecule has 1 aromatic rings. The Labute approximate surface area is 139 Å². The molecule has 3 aliphatic rings. The number of halogens is 1. The third kappa shape index (κ3) is 2.03. The van der Waals surface area contributed by atoms with E-state index < -0.39 is 0 Å². The molecule has 3 fully saturated rings. The van der Waals surface area contributed by atoms with Crippen LogP contribution in [0.2, 0.25) is 0 Å². The van der Waals surface area contributed by atoms with Crippen LogP contribution in [0.15, 0.2) is 28.7 Å². The van der Waals surface area contributed by atoms with Gasteiger partial charge in [-0.3, -0.25) is 0 Å². The molecule has 0 atom stereocenters. The molecule has 0 radical (unpaired) electrons. The van der Waals surface area contributed by atoms with Crippen LogP contribution in [0.3, 0.4) is 0 Å². The zero-order valence-corrected chi connectivity index (χ0v) is 15.0. The number of hydrogen-bond donors (Lipinski definition) is 0. The number of rotatable bonds is 2. The second-order valence-corrected chi connectivity index (χ2v) is 10.4. The molecule has 20 heavy (non-hydrogen) atoms. The molecule has 2 aliphatic carbocycles. The van der Waals surface area contributed by atoms with E-state index >= 15 is 0 Å². The van der Waals surface area contributed by atoms with Crippen LogP contribution in [-0.4, -0.2) is 11.5 Å². The molecular formula is C17H21BrS2. The van der Waals surface area contributed by atoms with Crippen molar-refractivity contribution >= 4 is 39.5 Å². The van der Waals surface area contributed by atoms with Gasteiger partial charge in [-0.15, -0.1) is 23.5 Å². The molecule has 0 spiro atoms. The van der Waals surface area contributed by atoms with Crippen LogP contribution in [0.1, 0.15) is 44.1 Å². The molecular weight excluding hydrogens is 348 g/mol. The monoisotopic (exact) mass is 368 g/mol. The Morgan fingerprint density at radius 3 is 2.20 bits per heavy atom. The van der Waals surface area contributed by atoms with Crippen molar-refractivity contribution in [1.29, 1.82) is 0 Å². The molecule has 2 saturated carbocycles. The van der Waals surface area contributed by atoms with Crippen LogP contribution >= 0.6 is 39.5 Å². The SMILES string of the molecule is Brc1ccc(C2(C34CCC(CC3)C4)SCCCS2)cc1. The highest BCUT2D eigenvalue weighted by atomic mass is 79.9. The Hall–Kier alpha value is 0.400. The van der Waals surface area contributed by atoms with E-state index in [2.05, 4.69) is 63.7 Å². The summed E-state index contributed by atoms with van der Waals surface area (Å²) in [5.41, 5.74) is 2.17. The van der Waals surface area contributed by atoms with Gasteiger partial charge in [0.2, 0.25) is 0 Å². The van der Waals surface area contributed by atoms with Crippen molar-refractivity contribution in [2.45, 2.75) is 42.6 Å². The third-order valence-corrected chi connectivity index (χ3v) is 9.94. The van der Waals surface area contributed by atoms with Crippen molar-refractivity contribution in [1.82, 2.24) is 0 Å². The van der Waals surface area contributed by atoms with Gasteiger partial charge in [-0.05, 0) is 79.1 Å². The average Bonchev–Trinajstić information content (AvgIpc) is 3.11. The van der Waals surface area contributed by atoms with E-state index in [9.17, 15) is 0 Å². The van der Waals surface area contributed by atoms with Gasteiger partial charge in [0.1, 0.15) is 0 Å². The standard InChI is InChI=1S/C17H21BrS2/c18-15-4-2-14(3-5-15)17(19-10-1-11-20-17)16-8-6-13(12-16)7-9-16/h2-5,13H,1,6-12H2. The first-order valence-electron chi connectivity index (χ1n) is 7.78. The van der Waals surface area contributed by atoms with E-state index in [0.29, 0.717) is 9.49 Å². The molecule has 0 aromatic heterocycles. The molecule has 0 unspecified atom stereocenters. The normalized spacial score (nSPS) is 35.4. The molecule has 0 N–H and O–H groups in total. The fourth-order valence-electron chi connectivity index (χ4n) is 4.64. The van der Waals surface area contributed by atoms with Crippen LogP contribution in [-0.2, 0) is 4.08 Å². The van der Waals surface area contributed by atoms with Crippen LogP contribution in [0.25, 0.3) is 0 Å². The summed E-state index contributed by atoms with van der Waals surface area (Å²) in [4.78, 5) is 0. The lowest BCUT2D eigenvalue weighted by atomic mass is 9.77. The Morgan fingerprint density at radius 1 is 1.00 bits per heavy atom. The number of benzene rings is 1. The number of hydrogen-bond acceptors (Lipinski definition) is 2. The highest BCUT2D eigenvalue weighted by Gasteiger charge is 2.59. The zero-order chi connectivity index (χ0) is 13.6. The van der Waals surface area contributed by atoms with E-state index in [4.69, 9.17) is 0 Å². The van der Waals surface area contributed by atoms with Crippen LogP contribution < -0.4 is 0 Å². The zero-order valence-electron chi connectivity index (χ0n) is 11.7. The fourth-order valence-corrected chi connectivity index (χ4v) is 8.86. The van der Waals surface area contributed by atoms with Crippen molar-refractivity contribution in [3.05, 3.63) is 34.3 Å². The molecule has 3 heteroatoms. The van der Waals surface area contributed by atoms with Gasteiger partial charge in [0.25, 0.3) is 0 Å². The second-order valence-electron chi connectivity index (χ2n) is 6.60. The molecule has 4 rings (SSSR count). The highest BCUT2D eigenvalue weighted by Crippen LogP contribution is 2.71. The quantitative estimate of drug-likeness (QED) is 0.622. The van der Waals surface area contributed by atoms with Gasteiger partial charge in [0, 0.05) is 4.47 Å². The highest BCUT2D eigenvalue weighted by molar-refractivity contribution is 9.10. The van der Waals surface area contributed by atoms with Gasteiger partial charge in [-0.25, -0.2) is 0 Å². The molecule has 1 aliphatic heterocycles. The van der Waals surface area contributed by atoms with E-state index in [1.54, 1.807) is 5.56 Å². The predicted molar refractivity (Wildman–Crippen MR) is 94.4 cm³/mol. The summed E-state index contributed by atoms with van der Waals surface area (Å²) in [5.74, 6) is 3.72. The molecule has 2 bridgehead atoms. The average molecular weight is 369 g/mol. The summed E-state index contributed by atoms with van der Waals surface area (Å²) in [6.07, 6.45) is 8.77. The van der Waals surface area contributed by atoms with Crippen LogP contribution in [0.4, 0.5) is 0 Å². The first-order valence-corrected chi connectivity index (χ1v) is 10.5. The van der Waals surface area contributed by atoms with Gasteiger partial charge in [0.15, 0.2) is 0 Å². The molecule has 1 saturated heterocycles. The van der Waals surface area contributed by atoms with Crippen LogP contribution in [0.5, 0.6) is 0 Å². The Bertz CT molecular complexity index is 482. The first-order chi connectivity index (χ1) is 9.74. The van der Waals surface area contributed by atoms with Gasteiger partial charge < -0.3 is 0 Å². The predicted octanol–water partition coefficient (Wildman–Crippen LogP) is 6.05. The van der Waals surface area contributed by atoms with Gasteiger partial charge in [-0.1, -0.05) is 28.1 Å². The lowest BCUT2D eigenvalue weighted by molar-refractivity contribution is 0.264. The topological polar surface area (TPSA) is 0 Å². The van der Waals surface area contributed by atoms with Crippen LogP contribution in [0, 0.1) is 11.3 Å². The number of thioether (sulfide) groups is 2. The number of fused-ring (bicyclic) bond motifs is 2. The Morgan fingerprint density at radius 2 is 1.65 bits per heavy atom. The third-order valence-electron chi connectivity index (χ3n) is 5.56. The van der Waals surface area contributed by atoms with Gasteiger partial charge in [-0.2, -0.15) is 0 Å². The molecule has 1 aromatic carbocycles. The minimum Gasteiger partial charge on any atom is -0.139 e. The van der Waals surface area contributed by atoms with Gasteiger partial charge >= 0.3 is 0 Å². The summed E-state index contributed by atoms with van der Waals surface area (Å²) in [6.45, 7) is 0. The van der Waals surface area contributed by atoms with E-state index in [1.807, 2.05) is 0 Å². The summed E-state index contributed by atoms with van der Waals surface area (Å²) < 4.78 is 1.55. The van der Waals surface area contributed by atoms with Crippen molar-refractivity contribution in [3.63, 3.8) is 0 Å². The van der Waals surface area contributed by atoms with E-state index in [0.717, 1.165) is 5.92 Å². The molecule has 108 valence electrons. The smallest absolute Gasteiger partial charge is 0.0916 e. The van der Waals surface area contributed by atoms with Crippen molar-refractivity contribution in [2.24, 2.45) is 11.3 Å². The Kier molecular flexibility index (Phi) is 3.67. The first kappa shape index (κ1) is 14.0. The minimum absolute atomic E-state index is 0.344. The molecule has 0 nitrogen and oxygen atoms in total. The lowest BCUT2D eigenvalue weighted by Gasteiger charge is -2.49. The maximum atomic E-state index is 3.60. The maximum absolute atomic E-state index is 3.60.